The zero-order valence-electron chi connectivity index (χ0n) is 12.7. The van der Waals surface area contributed by atoms with Crippen LogP contribution >= 0.6 is 0 Å². The van der Waals surface area contributed by atoms with Crippen LogP contribution in [0.15, 0.2) is 0 Å². The Balaban J connectivity index is 5.17. The van der Waals surface area contributed by atoms with Gasteiger partial charge in [-0.1, -0.05) is 48.5 Å². The van der Waals surface area contributed by atoms with Crippen LogP contribution in [-0.2, 0) is 0 Å². The molecule has 0 fully saturated rings. The van der Waals surface area contributed by atoms with Gasteiger partial charge in [-0.05, 0) is 19.6 Å². The van der Waals surface area contributed by atoms with Crippen molar-refractivity contribution in [3.05, 3.63) is 0 Å². The van der Waals surface area contributed by atoms with Gasteiger partial charge in [0.1, 0.15) is 0 Å². The van der Waals surface area contributed by atoms with Gasteiger partial charge in [0, 0.05) is 12.1 Å². The Morgan fingerprint density at radius 1 is 0.765 bits per heavy atom. The summed E-state index contributed by atoms with van der Waals surface area (Å²) in [5.74, 6) is 0. The monoisotopic (exact) mass is 260 g/mol. The van der Waals surface area contributed by atoms with Gasteiger partial charge in [0.15, 0.2) is 0 Å². The predicted molar refractivity (Wildman–Crippen MR) is 78.9 cm³/mol. The number of nitrogens with one attached hydrogen (secondary N) is 3. The van der Waals surface area contributed by atoms with Crippen molar-refractivity contribution in [2.24, 2.45) is 0 Å². The Morgan fingerprint density at radius 3 is 1.24 bits per heavy atom. The van der Waals surface area contributed by atoms with E-state index in [1.54, 1.807) is 0 Å². The third kappa shape index (κ3) is 4.67. The number of rotatable bonds is 9. The van der Waals surface area contributed by atoms with Gasteiger partial charge < -0.3 is 14.9 Å². The fourth-order valence-corrected chi connectivity index (χ4v) is 6.61. The zero-order chi connectivity index (χ0) is 13.5. The molecular weight excluding hydrogens is 228 g/mol. The zero-order valence-corrected chi connectivity index (χ0v) is 13.7. The molecule has 104 valence electrons. The van der Waals surface area contributed by atoms with Gasteiger partial charge in [0.2, 0.25) is 0 Å². The first-order valence-electron chi connectivity index (χ1n) is 6.98. The minimum atomic E-state index is -1.97. The fraction of sp³-hybridized carbons (Fsp3) is 1.00. The van der Waals surface area contributed by atoms with Gasteiger partial charge in [-0.3, -0.25) is 4.57 Å². The molecule has 0 heterocycles. The Kier molecular flexibility index (Phi) is 8.24. The molecule has 0 aromatic carbocycles. The largest absolute Gasteiger partial charge is 0.369 e. The van der Waals surface area contributed by atoms with Gasteiger partial charge in [0.25, 0.3) is 0 Å². The van der Waals surface area contributed by atoms with Crippen LogP contribution in [-0.4, -0.2) is 45.0 Å². The van der Waals surface area contributed by atoms with Gasteiger partial charge in [0.05, 0.1) is 0 Å². The Hall–Kier alpha value is 0.0569. The topological polar surface area (TPSA) is 39.3 Å². The van der Waals surface area contributed by atoms with Gasteiger partial charge in [-0.15, -0.1) is 0 Å². The Labute approximate surface area is 109 Å². The summed E-state index contributed by atoms with van der Waals surface area (Å²) in [6.07, 6.45) is 0. The molecule has 0 aromatic heterocycles. The van der Waals surface area contributed by atoms with Crippen molar-refractivity contribution in [1.82, 2.24) is 19.5 Å². The summed E-state index contributed by atoms with van der Waals surface area (Å²) in [7, 11) is -1.97. The second-order valence-corrected chi connectivity index (χ2v) is 7.89. The molecule has 4 nitrogen and oxygen atoms in total. The maximum Gasteiger partial charge on any atom is 0.369 e. The SMILES string of the molecule is CCN[Si](NCC)(NCC)N(C(C)C)C(C)C. The Morgan fingerprint density at radius 2 is 1.06 bits per heavy atom. The standard InChI is InChI=1S/C12H32N4Si/c1-8-13-17(14-9-2,15-10-3)16(11(4)5)12(6)7/h11-15H,8-10H2,1-7H3. The molecular formula is C12H32N4Si. The minimum Gasteiger partial charge on any atom is -0.301 e. The van der Waals surface area contributed by atoms with Crippen molar-refractivity contribution >= 4 is 8.72 Å². The molecule has 0 aliphatic carbocycles. The van der Waals surface area contributed by atoms with E-state index in [2.05, 4.69) is 68.0 Å². The predicted octanol–water partition coefficient (Wildman–Crippen LogP) is 1.37. The van der Waals surface area contributed by atoms with Crippen molar-refractivity contribution in [2.75, 3.05) is 19.6 Å². The molecule has 0 unspecified atom stereocenters. The molecule has 0 atom stereocenters. The highest BCUT2D eigenvalue weighted by molar-refractivity contribution is 6.70. The third-order valence-electron chi connectivity index (χ3n) is 2.80. The van der Waals surface area contributed by atoms with E-state index >= 15 is 0 Å². The summed E-state index contributed by atoms with van der Waals surface area (Å²) in [4.78, 5) is 11.1. The van der Waals surface area contributed by atoms with Gasteiger partial charge in [-0.2, -0.15) is 0 Å². The van der Waals surface area contributed by atoms with E-state index in [-0.39, 0.29) is 0 Å². The second-order valence-electron chi connectivity index (χ2n) is 4.90. The molecule has 0 radical (unpaired) electrons. The maximum absolute atomic E-state index is 3.70. The molecule has 0 aromatic rings. The van der Waals surface area contributed by atoms with Crippen molar-refractivity contribution in [2.45, 2.75) is 60.5 Å². The van der Waals surface area contributed by atoms with Crippen molar-refractivity contribution in [3.63, 3.8) is 0 Å². The van der Waals surface area contributed by atoms with Crippen LogP contribution < -0.4 is 14.9 Å². The van der Waals surface area contributed by atoms with Gasteiger partial charge >= 0.3 is 8.72 Å². The second kappa shape index (κ2) is 8.21. The molecule has 0 saturated carbocycles. The quantitative estimate of drug-likeness (QED) is 0.548. The molecule has 0 aliphatic heterocycles. The highest BCUT2D eigenvalue weighted by atomic mass is 28.4. The van der Waals surface area contributed by atoms with Crippen LogP contribution in [0.5, 0.6) is 0 Å². The number of hydrogen-bond donors (Lipinski definition) is 3. The van der Waals surface area contributed by atoms with E-state index < -0.39 is 8.72 Å². The molecule has 17 heavy (non-hydrogen) atoms. The maximum atomic E-state index is 3.70. The van der Waals surface area contributed by atoms with Crippen molar-refractivity contribution in [1.29, 1.82) is 0 Å². The lowest BCUT2D eigenvalue weighted by atomic mass is 10.3. The Bertz CT molecular complexity index is 172. The molecule has 0 amide bonds. The summed E-state index contributed by atoms with van der Waals surface area (Å²) in [5, 5.41) is 0. The summed E-state index contributed by atoms with van der Waals surface area (Å²) < 4.78 is 2.59. The third-order valence-corrected chi connectivity index (χ3v) is 7.20. The minimum absolute atomic E-state index is 0.527. The van der Waals surface area contributed by atoms with Crippen LogP contribution in [0.2, 0.25) is 0 Å². The molecule has 5 heteroatoms. The van der Waals surface area contributed by atoms with E-state index in [0.717, 1.165) is 19.6 Å². The molecule has 0 aliphatic rings. The first-order valence-corrected chi connectivity index (χ1v) is 8.93. The summed E-state index contributed by atoms with van der Waals surface area (Å²) in [6.45, 7) is 18.6. The summed E-state index contributed by atoms with van der Waals surface area (Å²) in [5.41, 5.74) is 0. The van der Waals surface area contributed by atoms with Gasteiger partial charge in [-0.25, -0.2) is 0 Å². The average molecular weight is 261 g/mol. The normalized spacial score (nSPS) is 13.1. The molecule has 0 bridgehead atoms. The highest BCUT2D eigenvalue weighted by Gasteiger charge is 2.42. The number of hydrogen-bond acceptors (Lipinski definition) is 4. The first kappa shape index (κ1) is 17.1. The number of nitrogens with zero attached hydrogens (tertiary/aromatic N) is 1. The molecule has 3 N–H and O–H groups in total. The summed E-state index contributed by atoms with van der Waals surface area (Å²) >= 11 is 0. The van der Waals surface area contributed by atoms with Crippen molar-refractivity contribution < 1.29 is 0 Å². The first-order chi connectivity index (χ1) is 7.95. The van der Waals surface area contributed by atoms with Crippen LogP contribution in [0.1, 0.15) is 48.5 Å². The molecule has 0 saturated heterocycles. The highest BCUT2D eigenvalue weighted by Crippen LogP contribution is 2.11. The van der Waals surface area contributed by atoms with Crippen LogP contribution in [0.3, 0.4) is 0 Å². The van der Waals surface area contributed by atoms with Crippen LogP contribution in [0.4, 0.5) is 0 Å². The summed E-state index contributed by atoms with van der Waals surface area (Å²) in [6, 6.07) is 1.05. The van der Waals surface area contributed by atoms with Crippen LogP contribution in [0, 0.1) is 0 Å². The van der Waals surface area contributed by atoms with E-state index in [4.69, 9.17) is 0 Å². The van der Waals surface area contributed by atoms with E-state index in [0.29, 0.717) is 12.1 Å². The average Bonchev–Trinajstić information content (AvgIpc) is 2.17. The molecule has 0 rings (SSSR count). The van der Waals surface area contributed by atoms with E-state index in [9.17, 15) is 0 Å². The van der Waals surface area contributed by atoms with Crippen LogP contribution in [0.25, 0.3) is 0 Å². The lowest BCUT2D eigenvalue weighted by molar-refractivity contribution is 0.269. The van der Waals surface area contributed by atoms with Crippen molar-refractivity contribution in [3.8, 4) is 0 Å². The van der Waals surface area contributed by atoms with E-state index in [1.165, 1.54) is 0 Å². The van der Waals surface area contributed by atoms with E-state index in [1.807, 2.05) is 0 Å². The lowest BCUT2D eigenvalue weighted by Gasteiger charge is -2.46. The fourth-order valence-electron chi connectivity index (χ4n) is 2.60. The smallest absolute Gasteiger partial charge is 0.301 e. The lowest BCUT2D eigenvalue weighted by Crippen LogP contribution is -2.83. The molecule has 0 spiro atoms.